The van der Waals surface area contributed by atoms with Gasteiger partial charge in [0.2, 0.25) is 0 Å². The number of ether oxygens (including phenoxy) is 1. The number of carbonyl (C=O) groups is 1. The summed E-state index contributed by atoms with van der Waals surface area (Å²) in [4.78, 5) is 12.1. The second-order valence-corrected chi connectivity index (χ2v) is 4.50. The summed E-state index contributed by atoms with van der Waals surface area (Å²) in [6.07, 6.45) is 0.360. The summed E-state index contributed by atoms with van der Waals surface area (Å²) < 4.78 is 5.42. The highest BCUT2D eigenvalue weighted by molar-refractivity contribution is 6.00. The number of hydrogen-bond donors (Lipinski definition) is 1. The van der Waals surface area contributed by atoms with E-state index < -0.39 is 0 Å². The predicted octanol–water partition coefficient (Wildman–Crippen LogP) is 2.66. The van der Waals surface area contributed by atoms with Crippen LogP contribution in [0.3, 0.4) is 0 Å². The van der Waals surface area contributed by atoms with E-state index in [4.69, 9.17) is 10.5 Å². The second kappa shape index (κ2) is 5.82. The van der Waals surface area contributed by atoms with Gasteiger partial charge in [-0.15, -0.1) is 0 Å². The zero-order chi connectivity index (χ0) is 13.0. The minimum atomic E-state index is 0.0596. The zero-order valence-corrected chi connectivity index (χ0v) is 11.0. The highest BCUT2D eigenvalue weighted by Crippen LogP contribution is 2.32. The Kier molecular flexibility index (Phi) is 4.70. The average Bonchev–Trinajstić information content (AvgIpc) is 2.28. The maximum Gasteiger partial charge on any atom is 0.168 e. The summed E-state index contributed by atoms with van der Waals surface area (Å²) in [7, 11) is 1.61. The van der Waals surface area contributed by atoms with Gasteiger partial charge in [0, 0.05) is 6.42 Å². The SMILES string of the molecule is COc1c(C(C)C)ccc(C)c1C(=O)CCN. The molecule has 0 amide bonds. The van der Waals surface area contributed by atoms with E-state index >= 15 is 0 Å². The molecule has 0 saturated carbocycles. The van der Waals surface area contributed by atoms with Gasteiger partial charge in [-0.2, -0.15) is 0 Å². The van der Waals surface area contributed by atoms with Crippen LogP contribution < -0.4 is 10.5 Å². The second-order valence-electron chi connectivity index (χ2n) is 4.50. The highest BCUT2D eigenvalue weighted by Gasteiger charge is 2.19. The minimum absolute atomic E-state index is 0.0596. The van der Waals surface area contributed by atoms with Gasteiger partial charge in [-0.05, 0) is 30.5 Å². The van der Waals surface area contributed by atoms with Crippen molar-refractivity contribution in [3.63, 3.8) is 0 Å². The average molecular weight is 235 g/mol. The summed E-state index contributed by atoms with van der Waals surface area (Å²) in [6, 6.07) is 4.00. The third-order valence-corrected chi connectivity index (χ3v) is 2.87. The number of ketones is 1. The Hall–Kier alpha value is -1.35. The van der Waals surface area contributed by atoms with E-state index in [0.717, 1.165) is 11.1 Å². The van der Waals surface area contributed by atoms with Gasteiger partial charge in [0.25, 0.3) is 0 Å². The largest absolute Gasteiger partial charge is 0.496 e. The van der Waals surface area contributed by atoms with Gasteiger partial charge in [-0.25, -0.2) is 0 Å². The van der Waals surface area contributed by atoms with Crippen LogP contribution in [0.1, 0.15) is 47.7 Å². The molecule has 3 heteroatoms. The van der Waals surface area contributed by atoms with Crippen LogP contribution in [0.25, 0.3) is 0 Å². The van der Waals surface area contributed by atoms with Crippen molar-refractivity contribution in [3.8, 4) is 5.75 Å². The Morgan fingerprint density at radius 1 is 1.41 bits per heavy atom. The normalized spacial score (nSPS) is 10.7. The fourth-order valence-electron chi connectivity index (χ4n) is 1.97. The third-order valence-electron chi connectivity index (χ3n) is 2.87. The molecule has 17 heavy (non-hydrogen) atoms. The molecule has 2 N–H and O–H groups in total. The molecule has 1 aromatic rings. The summed E-state index contributed by atoms with van der Waals surface area (Å²) in [5, 5.41) is 0. The molecule has 0 aliphatic rings. The fraction of sp³-hybridized carbons (Fsp3) is 0.500. The Bertz CT molecular complexity index is 411. The number of rotatable bonds is 5. The van der Waals surface area contributed by atoms with Crippen LogP contribution >= 0.6 is 0 Å². The number of nitrogens with two attached hydrogens (primary N) is 1. The highest BCUT2D eigenvalue weighted by atomic mass is 16.5. The van der Waals surface area contributed by atoms with Crippen molar-refractivity contribution in [2.24, 2.45) is 5.73 Å². The first-order valence-electron chi connectivity index (χ1n) is 5.93. The minimum Gasteiger partial charge on any atom is -0.496 e. The van der Waals surface area contributed by atoms with E-state index in [2.05, 4.69) is 13.8 Å². The summed E-state index contributed by atoms with van der Waals surface area (Å²) in [5.41, 5.74) is 8.15. The molecule has 94 valence electrons. The van der Waals surface area contributed by atoms with E-state index in [-0.39, 0.29) is 5.78 Å². The number of methoxy groups -OCH3 is 1. The number of Topliss-reactive ketones (excluding diaryl/α,β-unsaturated/α-hetero) is 1. The van der Waals surface area contributed by atoms with Gasteiger partial charge < -0.3 is 10.5 Å². The molecule has 0 fully saturated rings. The third kappa shape index (κ3) is 2.86. The molecule has 3 nitrogen and oxygen atoms in total. The molecule has 0 unspecified atom stereocenters. The van der Waals surface area contributed by atoms with Crippen molar-refractivity contribution in [1.29, 1.82) is 0 Å². The van der Waals surface area contributed by atoms with E-state index in [1.165, 1.54) is 0 Å². The summed E-state index contributed by atoms with van der Waals surface area (Å²) in [5.74, 6) is 1.10. The first-order chi connectivity index (χ1) is 8.02. The van der Waals surface area contributed by atoms with Crippen molar-refractivity contribution in [3.05, 3.63) is 28.8 Å². The molecule has 0 bridgehead atoms. The lowest BCUT2D eigenvalue weighted by Crippen LogP contribution is -2.12. The van der Waals surface area contributed by atoms with E-state index in [1.54, 1.807) is 7.11 Å². The van der Waals surface area contributed by atoms with Crippen LogP contribution in [0, 0.1) is 6.92 Å². The molecule has 1 aromatic carbocycles. The summed E-state index contributed by atoms with van der Waals surface area (Å²) >= 11 is 0. The zero-order valence-electron chi connectivity index (χ0n) is 11.0. The number of benzene rings is 1. The Balaban J connectivity index is 3.35. The van der Waals surface area contributed by atoms with Gasteiger partial charge in [-0.1, -0.05) is 26.0 Å². The van der Waals surface area contributed by atoms with Crippen LogP contribution in [0.15, 0.2) is 12.1 Å². The molecule has 0 atom stereocenters. The molecule has 0 radical (unpaired) electrons. The van der Waals surface area contributed by atoms with Gasteiger partial charge in [0.15, 0.2) is 5.78 Å². The van der Waals surface area contributed by atoms with E-state index in [0.29, 0.717) is 30.2 Å². The lowest BCUT2D eigenvalue weighted by Gasteiger charge is -2.17. The van der Waals surface area contributed by atoms with Crippen molar-refractivity contribution in [2.45, 2.75) is 33.1 Å². The topological polar surface area (TPSA) is 52.3 Å². The van der Waals surface area contributed by atoms with Crippen LogP contribution in [0.4, 0.5) is 0 Å². The molecule has 0 heterocycles. The molecule has 0 saturated heterocycles. The predicted molar refractivity (Wildman–Crippen MR) is 69.8 cm³/mol. The number of hydrogen-bond acceptors (Lipinski definition) is 3. The Labute approximate surface area is 103 Å². The number of aryl methyl sites for hydroxylation is 1. The smallest absolute Gasteiger partial charge is 0.168 e. The number of carbonyl (C=O) groups excluding carboxylic acids is 1. The standard InChI is InChI=1S/C14H21NO2/c1-9(2)11-6-5-10(3)13(14(11)17-4)12(16)7-8-15/h5-6,9H,7-8,15H2,1-4H3. The van der Waals surface area contributed by atoms with Gasteiger partial charge in [0.05, 0.1) is 12.7 Å². The van der Waals surface area contributed by atoms with Crippen molar-refractivity contribution < 1.29 is 9.53 Å². The van der Waals surface area contributed by atoms with Crippen LogP contribution in [0.5, 0.6) is 5.75 Å². The molecule has 0 spiro atoms. The molecule has 0 aliphatic heterocycles. The summed E-state index contributed by atoms with van der Waals surface area (Å²) in [6.45, 7) is 6.47. The molecule has 0 aromatic heterocycles. The monoisotopic (exact) mass is 235 g/mol. The molecule has 0 aliphatic carbocycles. The Morgan fingerprint density at radius 2 is 2.06 bits per heavy atom. The Morgan fingerprint density at radius 3 is 2.53 bits per heavy atom. The molecular formula is C14H21NO2. The van der Waals surface area contributed by atoms with Gasteiger partial charge in [0.1, 0.15) is 5.75 Å². The quantitative estimate of drug-likeness (QED) is 0.798. The van der Waals surface area contributed by atoms with Crippen molar-refractivity contribution in [1.82, 2.24) is 0 Å². The van der Waals surface area contributed by atoms with Crippen molar-refractivity contribution >= 4 is 5.78 Å². The first kappa shape index (κ1) is 13.7. The van der Waals surface area contributed by atoms with Crippen molar-refractivity contribution in [2.75, 3.05) is 13.7 Å². The van der Waals surface area contributed by atoms with Crippen LogP contribution in [-0.4, -0.2) is 19.4 Å². The van der Waals surface area contributed by atoms with Gasteiger partial charge >= 0.3 is 0 Å². The van der Waals surface area contributed by atoms with E-state index in [9.17, 15) is 4.79 Å². The lowest BCUT2D eigenvalue weighted by atomic mass is 9.93. The molecular weight excluding hydrogens is 214 g/mol. The van der Waals surface area contributed by atoms with E-state index in [1.807, 2.05) is 19.1 Å². The molecule has 1 rings (SSSR count). The first-order valence-corrected chi connectivity index (χ1v) is 5.93. The maximum absolute atomic E-state index is 12.1. The van der Waals surface area contributed by atoms with Crippen LogP contribution in [0.2, 0.25) is 0 Å². The van der Waals surface area contributed by atoms with Gasteiger partial charge in [-0.3, -0.25) is 4.79 Å². The van der Waals surface area contributed by atoms with Crippen LogP contribution in [-0.2, 0) is 0 Å². The fourth-order valence-corrected chi connectivity index (χ4v) is 1.97. The maximum atomic E-state index is 12.1. The lowest BCUT2D eigenvalue weighted by molar-refractivity contribution is 0.0981.